The normalized spacial score (nSPS) is 11.7. The van der Waals surface area contributed by atoms with Gasteiger partial charge in [-0.1, -0.05) is 352 Å². The summed E-state index contributed by atoms with van der Waals surface area (Å²) in [5.41, 5.74) is 37.3. The van der Waals surface area contributed by atoms with Crippen LogP contribution in [0.4, 0.5) is 0 Å². The van der Waals surface area contributed by atoms with Crippen LogP contribution in [0, 0.1) is 0 Å². The molecule has 0 radical (unpaired) electrons. The Labute approximate surface area is 840 Å². The standard InChI is InChI=1S/C48H30N2S.C48H32N2.C41H27N3/c1-2-11-31(12-3-1)32-13-10-14-35(27-32)49-43-18-7-4-15-37(43)41-28-33(21-25-45(41)49)34-22-26-46-42(29-34)38-16-5-8-19-44(38)50(46)36-23-24-40-39-17-6-9-20-47(39)51-48(40)30-36;1-3-12-33(13-4-1)36-14-11-17-40(30-36)50-45-20-9-7-18-41(45)43-28-26-38(32-48(43)50)35-24-22-34(23-25-35)37-27-29-47-44(31-37)42-19-8-10-21-46(42)49(47)39-15-5-2-6-16-39;1-2-10-28(11-3-1)29-17-21-32(22-18-29)43-37-14-6-4-12-33(37)35-26-30(19-23-39(35)43)31-20-24-40-36(27-31)34-13-5-7-15-38(34)44(40)41-16-8-9-25-42-41/h1-30H;1-32H;1-27H. The molecule has 0 unspecified atom stereocenters. The summed E-state index contributed by atoms with van der Waals surface area (Å²) in [4.78, 5) is 4.67. The number of hydrogen-bond donors (Lipinski definition) is 0. The molecule has 8 aromatic heterocycles. The molecule has 22 aromatic carbocycles. The van der Waals surface area contributed by atoms with Crippen LogP contribution < -0.4 is 0 Å². The van der Waals surface area contributed by atoms with Gasteiger partial charge in [-0.3, -0.25) is 4.57 Å². The summed E-state index contributed by atoms with van der Waals surface area (Å²) in [6.07, 6.45) is 1.85. The van der Waals surface area contributed by atoms with Crippen molar-refractivity contribution < 1.29 is 0 Å². The maximum Gasteiger partial charge on any atom is 0.137 e. The predicted molar refractivity (Wildman–Crippen MR) is 614 cm³/mol. The van der Waals surface area contributed by atoms with Gasteiger partial charge >= 0.3 is 0 Å². The molecule has 0 amide bonds. The molecule has 8 heterocycles. The van der Waals surface area contributed by atoms with Gasteiger partial charge in [0, 0.05) is 119 Å². The van der Waals surface area contributed by atoms with Crippen LogP contribution in [0.2, 0.25) is 0 Å². The first-order valence-electron chi connectivity index (χ1n) is 49.6. The minimum atomic E-state index is 0.928. The smallest absolute Gasteiger partial charge is 0.137 e. The summed E-state index contributed by atoms with van der Waals surface area (Å²) >= 11 is 1.87. The van der Waals surface area contributed by atoms with Crippen molar-refractivity contribution in [2.75, 3.05) is 0 Å². The van der Waals surface area contributed by atoms with Crippen molar-refractivity contribution in [1.29, 1.82) is 0 Å². The molecule has 0 spiro atoms. The lowest BCUT2D eigenvalue weighted by molar-refractivity contribution is 1.08. The van der Waals surface area contributed by atoms with Crippen molar-refractivity contribution in [3.8, 4) is 112 Å². The highest BCUT2D eigenvalue weighted by atomic mass is 32.1. The Morgan fingerprint density at radius 2 is 0.366 bits per heavy atom. The maximum atomic E-state index is 4.67. The first-order chi connectivity index (χ1) is 71.9. The van der Waals surface area contributed by atoms with E-state index in [1.807, 2.05) is 29.7 Å². The third kappa shape index (κ3) is 14.5. The quantitative estimate of drug-likeness (QED) is 0.113. The Morgan fingerprint density at radius 1 is 0.124 bits per heavy atom. The molecule has 7 nitrogen and oxygen atoms in total. The number of nitrogens with zero attached hydrogens (tertiary/aromatic N) is 7. The second kappa shape index (κ2) is 35.1. The van der Waals surface area contributed by atoms with Crippen molar-refractivity contribution in [2.24, 2.45) is 0 Å². The van der Waals surface area contributed by atoms with E-state index in [1.165, 1.54) is 235 Å². The van der Waals surface area contributed by atoms with Gasteiger partial charge in [0.2, 0.25) is 0 Å². The largest absolute Gasteiger partial charge is 0.309 e. The highest BCUT2D eigenvalue weighted by Gasteiger charge is 2.24. The van der Waals surface area contributed by atoms with E-state index in [0.29, 0.717) is 0 Å². The molecule has 8 heteroatoms. The number of aromatic nitrogens is 7. The third-order valence-electron chi connectivity index (χ3n) is 29.4. The number of para-hydroxylation sites is 7. The lowest BCUT2D eigenvalue weighted by atomic mass is 9.98. The Hall–Kier alpha value is -19.0. The van der Waals surface area contributed by atoms with Gasteiger partial charge in [-0.25, -0.2) is 4.98 Å². The van der Waals surface area contributed by atoms with Crippen LogP contribution in [0.1, 0.15) is 0 Å². The summed E-state index contributed by atoms with van der Waals surface area (Å²) in [5.74, 6) is 0.928. The minimum absolute atomic E-state index is 0.928. The number of pyridine rings is 1. The number of hydrogen-bond acceptors (Lipinski definition) is 2. The van der Waals surface area contributed by atoms with E-state index in [1.54, 1.807) is 0 Å². The fraction of sp³-hybridized carbons (Fsp3) is 0. The first-order valence-corrected chi connectivity index (χ1v) is 50.4. The van der Waals surface area contributed by atoms with Gasteiger partial charge in [0.1, 0.15) is 5.82 Å². The van der Waals surface area contributed by atoms with Gasteiger partial charge in [-0.15, -0.1) is 11.3 Å². The van der Waals surface area contributed by atoms with E-state index in [0.717, 1.165) is 28.2 Å². The fourth-order valence-corrected chi connectivity index (χ4v) is 23.8. The summed E-state index contributed by atoms with van der Waals surface area (Å²) in [6, 6.07) is 194. The van der Waals surface area contributed by atoms with Crippen LogP contribution in [-0.2, 0) is 0 Å². The first kappa shape index (κ1) is 84.1. The van der Waals surface area contributed by atoms with Crippen LogP contribution in [0.15, 0.2) is 540 Å². The highest BCUT2D eigenvalue weighted by Crippen LogP contribution is 2.46. The average Bonchev–Trinajstić information content (AvgIpc) is 1.61. The Balaban J connectivity index is 0.000000106. The van der Waals surface area contributed by atoms with Gasteiger partial charge < -0.3 is 22.8 Å². The Bertz CT molecular complexity index is 10300. The van der Waals surface area contributed by atoms with E-state index >= 15 is 0 Å². The average molecular weight is 1870 g/mol. The van der Waals surface area contributed by atoms with Crippen LogP contribution in [0.3, 0.4) is 0 Å². The van der Waals surface area contributed by atoms with Gasteiger partial charge in [0.05, 0.1) is 66.2 Å². The lowest BCUT2D eigenvalue weighted by Crippen LogP contribution is -1.96. The Morgan fingerprint density at radius 3 is 0.793 bits per heavy atom. The molecule has 0 aliphatic rings. The highest BCUT2D eigenvalue weighted by molar-refractivity contribution is 7.25. The lowest BCUT2D eigenvalue weighted by Gasteiger charge is -2.11. The van der Waals surface area contributed by atoms with Crippen LogP contribution >= 0.6 is 11.3 Å². The number of thiophene rings is 1. The molecule has 30 aromatic rings. The van der Waals surface area contributed by atoms with E-state index < -0.39 is 0 Å². The zero-order valence-electron chi connectivity index (χ0n) is 78.9. The van der Waals surface area contributed by atoms with Crippen LogP contribution in [0.5, 0.6) is 0 Å². The predicted octanol–water partition coefficient (Wildman–Crippen LogP) is 37.1. The molecule has 0 aliphatic carbocycles. The molecule has 0 aliphatic heterocycles. The molecule has 0 saturated heterocycles. The van der Waals surface area contributed by atoms with Crippen LogP contribution in [0.25, 0.3) is 263 Å². The maximum absolute atomic E-state index is 4.67. The third-order valence-corrected chi connectivity index (χ3v) is 30.6. The van der Waals surface area contributed by atoms with Crippen molar-refractivity contribution >= 4 is 162 Å². The zero-order valence-corrected chi connectivity index (χ0v) is 79.7. The molecule has 0 N–H and O–H groups in total. The second-order valence-corrected chi connectivity index (χ2v) is 38.7. The molecule has 145 heavy (non-hydrogen) atoms. The van der Waals surface area contributed by atoms with E-state index in [4.69, 9.17) is 0 Å². The van der Waals surface area contributed by atoms with Gasteiger partial charge in [0.25, 0.3) is 0 Å². The molecule has 0 bridgehead atoms. The topological polar surface area (TPSA) is 42.5 Å². The summed E-state index contributed by atoms with van der Waals surface area (Å²) < 4.78 is 16.9. The number of benzene rings is 22. The molecular weight excluding hydrogens is 1780 g/mol. The second-order valence-electron chi connectivity index (χ2n) is 37.6. The molecule has 30 rings (SSSR count). The number of fused-ring (bicyclic) bond motifs is 21. The van der Waals surface area contributed by atoms with Crippen molar-refractivity contribution in [3.63, 3.8) is 0 Å². The monoisotopic (exact) mass is 1860 g/mol. The van der Waals surface area contributed by atoms with Crippen LogP contribution in [-0.4, -0.2) is 32.4 Å². The molecular formula is C137H89N7S. The van der Waals surface area contributed by atoms with Crippen molar-refractivity contribution in [1.82, 2.24) is 32.4 Å². The van der Waals surface area contributed by atoms with E-state index in [-0.39, 0.29) is 0 Å². The summed E-state index contributed by atoms with van der Waals surface area (Å²) in [7, 11) is 0. The molecule has 0 fully saturated rings. The van der Waals surface area contributed by atoms with Gasteiger partial charge in [-0.05, 0) is 260 Å². The SMILES string of the molecule is c1ccc(-c2ccc(-n3c4ccccc4c4cc(-c5ccc6c(c5)c5ccccc5n6-c5ccccn5)ccc43)cc2)cc1.c1ccc(-c2cccc(-n3c4ccccc4c4cc(-c5ccc6c(c5)c5ccccc5n6-c5ccc6c(c5)sc5ccccc56)ccc43)c2)cc1.c1ccc(-c2cccc(-n3c4ccccc4c4ccc(-c5ccc(-c6ccc7c(c6)c6ccccc6n7-c6ccccc6)cc5)cc43)c2)cc1. The van der Waals surface area contributed by atoms with Gasteiger partial charge in [-0.2, -0.15) is 0 Å². The number of rotatable bonds is 13. The summed E-state index contributed by atoms with van der Waals surface area (Å²) in [5, 5.41) is 17.7. The molecule has 678 valence electrons. The van der Waals surface area contributed by atoms with E-state index in [2.05, 4.69) is 554 Å². The Kier molecular flexibility index (Phi) is 20.4. The molecule has 0 atom stereocenters. The van der Waals surface area contributed by atoms with E-state index in [9.17, 15) is 0 Å². The summed E-state index contributed by atoms with van der Waals surface area (Å²) in [6.45, 7) is 0. The zero-order chi connectivity index (χ0) is 95.5. The van der Waals surface area contributed by atoms with Crippen molar-refractivity contribution in [2.45, 2.75) is 0 Å². The fourth-order valence-electron chi connectivity index (χ4n) is 22.7. The van der Waals surface area contributed by atoms with Gasteiger partial charge in [0.15, 0.2) is 0 Å². The molecule has 0 saturated carbocycles. The minimum Gasteiger partial charge on any atom is -0.309 e. The van der Waals surface area contributed by atoms with Crippen molar-refractivity contribution in [3.05, 3.63) is 540 Å².